The molecule has 0 N–H and O–H groups in total. The maximum absolute atomic E-state index is 11.8. The van der Waals surface area contributed by atoms with Gasteiger partial charge in [0.25, 0.3) is 0 Å². The van der Waals surface area contributed by atoms with Gasteiger partial charge in [-0.3, -0.25) is 4.79 Å². The molecule has 1 fully saturated rings. The van der Waals surface area contributed by atoms with Crippen LogP contribution in [0.4, 0.5) is 0 Å². The van der Waals surface area contributed by atoms with E-state index in [4.69, 9.17) is 9.47 Å². The zero-order valence-electron chi connectivity index (χ0n) is 14.6. The van der Waals surface area contributed by atoms with E-state index in [2.05, 4.69) is 22.1 Å². The van der Waals surface area contributed by atoms with Crippen molar-refractivity contribution in [3.05, 3.63) is 60.4 Å². The van der Waals surface area contributed by atoms with Gasteiger partial charge in [0, 0.05) is 0 Å². The molecule has 1 heterocycles. The Morgan fingerprint density at radius 1 is 1.12 bits per heavy atom. The average molecular weight is 348 g/mol. The van der Waals surface area contributed by atoms with Crippen LogP contribution in [0, 0.1) is 5.92 Å². The zero-order valence-corrected chi connectivity index (χ0v) is 14.6. The molecule has 1 aliphatic rings. The smallest absolute Gasteiger partial charge is 0.308 e. The van der Waals surface area contributed by atoms with Crippen molar-refractivity contribution >= 4 is 16.9 Å². The summed E-state index contributed by atoms with van der Waals surface area (Å²) < 4.78 is 11.1. The number of nitrogens with zero attached hydrogens (tertiary/aromatic N) is 2. The Kier molecular flexibility index (Phi) is 4.52. The molecule has 4 rings (SSSR count). The second-order valence-corrected chi connectivity index (χ2v) is 6.49. The highest BCUT2D eigenvalue weighted by Crippen LogP contribution is 2.43. The Hall–Kier alpha value is -2.95. The minimum Gasteiger partial charge on any atom is -0.466 e. The van der Waals surface area contributed by atoms with Crippen LogP contribution in [0.1, 0.15) is 31.2 Å². The maximum Gasteiger partial charge on any atom is 0.308 e. The van der Waals surface area contributed by atoms with E-state index in [1.54, 1.807) is 0 Å². The number of fused-ring (bicyclic) bond motifs is 1. The van der Waals surface area contributed by atoms with Crippen LogP contribution in [0.15, 0.2) is 54.9 Å². The van der Waals surface area contributed by atoms with Crippen LogP contribution in [0.2, 0.25) is 0 Å². The van der Waals surface area contributed by atoms with Gasteiger partial charge in [-0.1, -0.05) is 24.3 Å². The van der Waals surface area contributed by atoms with Gasteiger partial charge in [-0.05, 0) is 55.5 Å². The van der Waals surface area contributed by atoms with Crippen LogP contribution in [-0.4, -0.2) is 22.5 Å². The number of para-hydroxylation sites is 1. The SMILES string of the molecule is CCOC(=O)[C@H]1C[C@H](c2ccc3ncnc(Oc4ccccc4)c3c2)C1. The summed E-state index contributed by atoms with van der Waals surface area (Å²) in [5, 5.41) is 0.883. The summed E-state index contributed by atoms with van der Waals surface area (Å²) in [7, 11) is 0. The van der Waals surface area contributed by atoms with Crippen molar-refractivity contribution in [1.82, 2.24) is 9.97 Å². The van der Waals surface area contributed by atoms with Crippen LogP contribution in [0.25, 0.3) is 10.9 Å². The van der Waals surface area contributed by atoms with Crippen LogP contribution in [0.3, 0.4) is 0 Å². The van der Waals surface area contributed by atoms with E-state index in [0.29, 0.717) is 18.4 Å². The van der Waals surface area contributed by atoms with Crippen molar-refractivity contribution in [3.63, 3.8) is 0 Å². The van der Waals surface area contributed by atoms with Crippen molar-refractivity contribution in [3.8, 4) is 11.6 Å². The number of aromatic nitrogens is 2. The van der Waals surface area contributed by atoms with Gasteiger partial charge in [0.15, 0.2) is 0 Å². The van der Waals surface area contributed by atoms with Crippen molar-refractivity contribution in [2.45, 2.75) is 25.7 Å². The first kappa shape index (κ1) is 16.5. The lowest BCUT2D eigenvalue weighted by atomic mass is 9.71. The monoisotopic (exact) mass is 348 g/mol. The molecule has 0 radical (unpaired) electrons. The second-order valence-electron chi connectivity index (χ2n) is 6.49. The van der Waals surface area contributed by atoms with E-state index in [-0.39, 0.29) is 11.9 Å². The Morgan fingerprint density at radius 3 is 2.69 bits per heavy atom. The number of rotatable bonds is 5. The third-order valence-electron chi connectivity index (χ3n) is 4.81. The Labute approximate surface area is 152 Å². The maximum atomic E-state index is 11.8. The highest BCUT2D eigenvalue weighted by molar-refractivity contribution is 5.84. The summed E-state index contributed by atoms with van der Waals surface area (Å²) >= 11 is 0. The molecular weight excluding hydrogens is 328 g/mol. The van der Waals surface area contributed by atoms with E-state index in [1.165, 1.54) is 11.9 Å². The standard InChI is InChI=1S/C21H20N2O3/c1-2-25-21(24)16-10-15(11-16)14-8-9-19-18(12-14)20(23-13-22-19)26-17-6-4-3-5-7-17/h3-9,12-13,15-16H,2,10-11H2,1H3/t15-,16-. The predicted molar refractivity (Wildman–Crippen MR) is 98.2 cm³/mol. The van der Waals surface area contributed by atoms with Gasteiger partial charge in [0.1, 0.15) is 12.1 Å². The molecule has 1 saturated carbocycles. The van der Waals surface area contributed by atoms with Gasteiger partial charge in [0.05, 0.1) is 23.4 Å². The summed E-state index contributed by atoms with van der Waals surface area (Å²) in [5.41, 5.74) is 2.03. The number of ether oxygens (including phenoxy) is 2. The Balaban J connectivity index is 1.57. The molecule has 2 aromatic carbocycles. The van der Waals surface area contributed by atoms with Gasteiger partial charge in [-0.25, -0.2) is 9.97 Å². The summed E-state index contributed by atoms with van der Waals surface area (Å²) in [4.78, 5) is 20.4. The van der Waals surface area contributed by atoms with Crippen LogP contribution in [-0.2, 0) is 9.53 Å². The lowest BCUT2D eigenvalue weighted by Gasteiger charge is -2.33. The number of benzene rings is 2. The molecule has 0 amide bonds. The summed E-state index contributed by atoms with van der Waals surface area (Å²) in [6.07, 6.45) is 3.17. The van der Waals surface area contributed by atoms with Gasteiger partial charge in [-0.15, -0.1) is 0 Å². The van der Waals surface area contributed by atoms with E-state index in [9.17, 15) is 4.79 Å². The largest absolute Gasteiger partial charge is 0.466 e. The fourth-order valence-corrected chi connectivity index (χ4v) is 3.33. The fourth-order valence-electron chi connectivity index (χ4n) is 3.33. The van der Waals surface area contributed by atoms with E-state index >= 15 is 0 Å². The van der Waals surface area contributed by atoms with Crippen LogP contribution in [0.5, 0.6) is 11.6 Å². The Morgan fingerprint density at radius 2 is 1.92 bits per heavy atom. The molecule has 0 saturated heterocycles. The van der Waals surface area contributed by atoms with E-state index < -0.39 is 0 Å². The molecule has 26 heavy (non-hydrogen) atoms. The first-order chi connectivity index (χ1) is 12.7. The van der Waals surface area contributed by atoms with Crippen molar-refractivity contribution in [1.29, 1.82) is 0 Å². The lowest BCUT2D eigenvalue weighted by Crippen LogP contribution is -2.30. The zero-order chi connectivity index (χ0) is 17.9. The molecule has 0 spiro atoms. The average Bonchev–Trinajstić information content (AvgIpc) is 2.62. The second kappa shape index (κ2) is 7.12. The van der Waals surface area contributed by atoms with E-state index in [0.717, 1.165) is 29.5 Å². The van der Waals surface area contributed by atoms with Gasteiger partial charge in [-0.2, -0.15) is 0 Å². The first-order valence-electron chi connectivity index (χ1n) is 8.88. The summed E-state index contributed by atoms with van der Waals surface area (Å²) in [6.45, 7) is 2.28. The molecule has 0 atom stereocenters. The normalized spacial score (nSPS) is 19.0. The van der Waals surface area contributed by atoms with Crippen LogP contribution >= 0.6 is 0 Å². The molecule has 0 bridgehead atoms. The lowest BCUT2D eigenvalue weighted by molar-refractivity contribution is -0.151. The topological polar surface area (TPSA) is 61.3 Å². The predicted octanol–water partition coefficient (Wildman–Crippen LogP) is 4.48. The molecule has 1 aliphatic carbocycles. The number of esters is 1. The summed E-state index contributed by atoms with van der Waals surface area (Å²) in [5.74, 6) is 1.58. The third kappa shape index (κ3) is 3.25. The van der Waals surface area contributed by atoms with Crippen molar-refractivity contribution < 1.29 is 14.3 Å². The number of carbonyl (C=O) groups is 1. The molecule has 0 unspecified atom stereocenters. The van der Waals surface area contributed by atoms with Crippen LogP contribution < -0.4 is 4.74 Å². The molecule has 1 aromatic heterocycles. The molecule has 132 valence electrons. The highest BCUT2D eigenvalue weighted by Gasteiger charge is 2.36. The third-order valence-corrected chi connectivity index (χ3v) is 4.81. The van der Waals surface area contributed by atoms with Gasteiger partial charge >= 0.3 is 5.97 Å². The highest BCUT2D eigenvalue weighted by atomic mass is 16.5. The van der Waals surface area contributed by atoms with Crippen molar-refractivity contribution in [2.24, 2.45) is 5.92 Å². The minimum absolute atomic E-state index is 0.0164. The van der Waals surface area contributed by atoms with E-state index in [1.807, 2.05) is 43.3 Å². The number of hydrogen-bond donors (Lipinski definition) is 0. The molecular formula is C21H20N2O3. The molecule has 3 aromatic rings. The van der Waals surface area contributed by atoms with Gasteiger partial charge < -0.3 is 9.47 Å². The molecule has 0 aliphatic heterocycles. The van der Waals surface area contributed by atoms with Crippen molar-refractivity contribution in [2.75, 3.05) is 6.61 Å². The minimum atomic E-state index is -0.0824. The number of carbonyl (C=O) groups excluding carboxylic acids is 1. The molecule has 5 nitrogen and oxygen atoms in total. The first-order valence-corrected chi connectivity index (χ1v) is 8.88. The quantitative estimate of drug-likeness (QED) is 0.636. The van der Waals surface area contributed by atoms with Gasteiger partial charge in [0.2, 0.25) is 5.88 Å². The molecule has 5 heteroatoms. The fraction of sp³-hybridized carbons (Fsp3) is 0.286. The summed E-state index contributed by atoms with van der Waals surface area (Å²) in [6, 6.07) is 15.7. The number of hydrogen-bond acceptors (Lipinski definition) is 5. The Bertz CT molecular complexity index is 921.